The van der Waals surface area contributed by atoms with Gasteiger partial charge < -0.3 is 13.8 Å². The van der Waals surface area contributed by atoms with Crippen molar-refractivity contribution in [2.45, 2.75) is 0 Å². The van der Waals surface area contributed by atoms with Crippen LogP contribution >= 0.6 is 0 Å². The van der Waals surface area contributed by atoms with Crippen molar-refractivity contribution >= 4 is 152 Å². The van der Waals surface area contributed by atoms with E-state index in [4.69, 9.17) is 8.83 Å². The average Bonchev–Trinajstić information content (AvgIpc) is 1.68. The summed E-state index contributed by atoms with van der Waals surface area (Å²) in [5, 5.41) is 25.3. The summed E-state index contributed by atoms with van der Waals surface area (Å²) in [5.74, 6) is 0. The van der Waals surface area contributed by atoms with Crippen LogP contribution in [0.1, 0.15) is 0 Å². The lowest BCUT2D eigenvalue weighted by Crippen LogP contribution is -1.94. The molecule has 3 heterocycles. The number of hydrogen-bond donors (Lipinski definition) is 1. The van der Waals surface area contributed by atoms with Gasteiger partial charge in [-0.3, -0.25) is 0 Å². The molecule has 20 aromatic carbocycles. The van der Waals surface area contributed by atoms with Crippen LogP contribution in [0, 0.1) is 0 Å². The molecule has 0 fully saturated rings. The highest BCUT2D eigenvalue weighted by atomic mass is 16.3. The summed E-state index contributed by atoms with van der Waals surface area (Å²) in [6.07, 6.45) is 0. The quantitative estimate of drug-likeness (QED) is 0.154. The minimum Gasteiger partial charge on any atom is -0.456 e. The Bertz CT molecular complexity index is 7740. The maximum absolute atomic E-state index is 7.52. The van der Waals surface area contributed by atoms with E-state index < -0.39 is 0 Å². The minimum absolute atomic E-state index is 0.820. The molecule has 0 unspecified atom stereocenters. The molecule has 0 amide bonds. The van der Waals surface area contributed by atoms with Crippen molar-refractivity contribution in [3.63, 3.8) is 0 Å². The molecule has 3 heteroatoms. The third kappa shape index (κ3) is 9.15. The lowest BCUT2D eigenvalue weighted by Gasteiger charge is -2.21. The molecule has 0 aliphatic carbocycles. The second-order valence-electron chi connectivity index (χ2n) is 28.9. The van der Waals surface area contributed by atoms with Crippen LogP contribution in [0.15, 0.2) is 373 Å². The fraction of sp³-hybridized carbons (Fsp3) is 0. The van der Waals surface area contributed by atoms with Crippen molar-refractivity contribution in [2.24, 2.45) is 0 Å². The molecule has 23 aromatic rings. The topological polar surface area (TPSA) is 42.1 Å². The lowest BCUT2D eigenvalue weighted by atomic mass is 9.82. The number of rotatable bonds is 8. The van der Waals surface area contributed by atoms with Crippen LogP contribution < -0.4 is 0 Å². The number of aromatic nitrogens is 1. The molecule has 3 nitrogen and oxygen atoms in total. The monoisotopic (exact) mass is 1360 g/mol. The number of para-hydroxylation sites is 2. The summed E-state index contributed by atoms with van der Waals surface area (Å²) in [7, 11) is 0. The fourth-order valence-electron chi connectivity index (χ4n) is 18.2. The number of nitrogens with one attached hydrogen (secondary N) is 1. The summed E-state index contributed by atoms with van der Waals surface area (Å²) in [6, 6.07) is 135. The van der Waals surface area contributed by atoms with Crippen molar-refractivity contribution in [1.29, 1.82) is 0 Å². The van der Waals surface area contributed by atoms with Gasteiger partial charge in [-0.1, -0.05) is 297 Å². The van der Waals surface area contributed by atoms with Gasteiger partial charge in [0.25, 0.3) is 0 Å². The van der Waals surface area contributed by atoms with Gasteiger partial charge in [0.05, 0.1) is 5.52 Å². The van der Waals surface area contributed by atoms with Gasteiger partial charge in [0.15, 0.2) is 0 Å². The normalized spacial score (nSPS) is 12.1. The van der Waals surface area contributed by atoms with Crippen LogP contribution in [0.4, 0.5) is 0 Å². The molecule has 0 aliphatic heterocycles. The predicted octanol–water partition coefficient (Wildman–Crippen LogP) is 29.7. The van der Waals surface area contributed by atoms with Crippen molar-refractivity contribution in [3.05, 3.63) is 364 Å². The summed E-state index contributed by atoms with van der Waals surface area (Å²) >= 11 is 0. The van der Waals surface area contributed by atoms with E-state index in [2.05, 4.69) is 369 Å². The Balaban J connectivity index is 0.804. The number of aromatic amines is 1. The molecular weight excluding hydrogens is 1300 g/mol. The molecule has 0 radical (unpaired) electrons. The number of benzene rings is 20. The van der Waals surface area contributed by atoms with Crippen molar-refractivity contribution in [3.8, 4) is 89.0 Å². The highest BCUT2D eigenvalue weighted by molar-refractivity contribution is 6.34. The lowest BCUT2D eigenvalue weighted by molar-refractivity contribution is 0.665. The smallest absolute Gasteiger partial charge is 0.144 e. The zero-order valence-electron chi connectivity index (χ0n) is 58.0. The SMILES string of the molecule is c1ccc(-c2ccc3cc(-c4c5ccccc5c(-c5cc6oc7ccccc7c6c6c5oc5c7ccccc7ccc56)c5ccc(-c6ccc7c(-c8ccc(-c9ccc%10ccccc%10c9)c9[nH]c%10ccccc%10c89)c8ccccc8c(-c8ccc9cc(-c%10ccccc%10)ccc9c8)c7c6)cc45)ccc3c2)cc1. The molecule has 0 spiro atoms. The van der Waals surface area contributed by atoms with Gasteiger partial charge in [0, 0.05) is 59.9 Å². The van der Waals surface area contributed by atoms with E-state index in [9.17, 15) is 0 Å². The van der Waals surface area contributed by atoms with E-state index in [1.807, 2.05) is 0 Å². The van der Waals surface area contributed by atoms with Gasteiger partial charge in [-0.15, -0.1) is 0 Å². The molecule has 0 atom stereocenters. The van der Waals surface area contributed by atoms with Crippen LogP contribution in [0.5, 0.6) is 0 Å². The molecule has 107 heavy (non-hydrogen) atoms. The van der Waals surface area contributed by atoms with Crippen molar-refractivity contribution < 1.29 is 8.83 Å². The molecule has 3 aromatic heterocycles. The van der Waals surface area contributed by atoms with Gasteiger partial charge in [-0.05, 0) is 220 Å². The number of furan rings is 2. The van der Waals surface area contributed by atoms with Crippen LogP contribution in [-0.4, -0.2) is 4.98 Å². The first-order valence-electron chi connectivity index (χ1n) is 36.9. The van der Waals surface area contributed by atoms with Gasteiger partial charge in [0.1, 0.15) is 22.3 Å². The van der Waals surface area contributed by atoms with Gasteiger partial charge >= 0.3 is 0 Å². The standard InChI is InChI=1S/C104H61NO2/c1-3-19-61(20-4-1)66-36-38-70-56-75(43-40-68(70)53-66)95-79-27-11-13-29-81(79)97(87-52-51-77(74-42-35-63-23-7-8-25-65(63)55-74)102-99(87)85-31-15-17-33-92(85)105-102)83-48-46-72(58-89(83)95)73-47-49-84-90(59-73)96(76-44-41-69-54-67(37-39-71(69)57-76)62-21-5-2-6-22-62)80-28-12-14-30-82(80)98(84)91-60-94-100(86-32-16-18-34-93(86)106-94)101-88-50-45-64-24-9-10-26-78(64)103(88)107-104(91)101/h1-60,105H. The maximum Gasteiger partial charge on any atom is 0.144 e. The Hall–Kier alpha value is -14.1. The highest BCUT2D eigenvalue weighted by Crippen LogP contribution is 2.54. The van der Waals surface area contributed by atoms with Crippen LogP contribution in [0.25, 0.3) is 241 Å². The van der Waals surface area contributed by atoms with E-state index in [1.54, 1.807) is 0 Å². The van der Waals surface area contributed by atoms with Gasteiger partial charge in [-0.2, -0.15) is 0 Å². The van der Waals surface area contributed by atoms with Crippen molar-refractivity contribution in [1.82, 2.24) is 4.98 Å². The minimum atomic E-state index is 0.820. The summed E-state index contributed by atoms with van der Waals surface area (Å²) in [5.41, 5.74) is 24.1. The first-order chi connectivity index (χ1) is 53.0. The van der Waals surface area contributed by atoms with E-state index in [1.165, 1.54) is 120 Å². The largest absolute Gasteiger partial charge is 0.456 e. The molecule has 0 aliphatic rings. The Kier molecular flexibility index (Phi) is 12.9. The molecule has 494 valence electrons. The van der Waals surface area contributed by atoms with Gasteiger partial charge in [0.2, 0.25) is 0 Å². The molecule has 0 bridgehead atoms. The molecule has 23 rings (SSSR count). The van der Waals surface area contributed by atoms with E-state index >= 15 is 0 Å². The molecule has 1 N–H and O–H groups in total. The second-order valence-corrected chi connectivity index (χ2v) is 28.9. The molecule has 0 saturated heterocycles. The van der Waals surface area contributed by atoms with Crippen LogP contribution in [-0.2, 0) is 0 Å². The summed E-state index contributed by atoms with van der Waals surface area (Å²) in [4.78, 5) is 4.00. The third-order valence-corrected chi connectivity index (χ3v) is 23.1. The summed E-state index contributed by atoms with van der Waals surface area (Å²) < 4.78 is 14.5. The second kappa shape index (κ2) is 23.2. The number of hydrogen-bond acceptors (Lipinski definition) is 2. The molecule has 0 saturated carbocycles. The van der Waals surface area contributed by atoms with Crippen molar-refractivity contribution in [2.75, 3.05) is 0 Å². The Morgan fingerprint density at radius 2 is 0.589 bits per heavy atom. The zero-order valence-corrected chi connectivity index (χ0v) is 58.0. The molecular formula is C104H61NO2. The van der Waals surface area contributed by atoms with Crippen LogP contribution in [0.3, 0.4) is 0 Å². The first-order valence-corrected chi connectivity index (χ1v) is 36.9. The zero-order chi connectivity index (χ0) is 70.0. The maximum atomic E-state index is 7.52. The fourth-order valence-corrected chi connectivity index (χ4v) is 18.2. The predicted molar refractivity (Wildman–Crippen MR) is 454 cm³/mol. The Labute approximate surface area is 614 Å². The highest BCUT2D eigenvalue weighted by Gasteiger charge is 2.28. The van der Waals surface area contributed by atoms with Gasteiger partial charge in [-0.25, -0.2) is 0 Å². The van der Waals surface area contributed by atoms with E-state index in [-0.39, 0.29) is 0 Å². The third-order valence-electron chi connectivity index (χ3n) is 23.1. The average molecular weight is 1360 g/mol. The number of fused-ring (bicyclic) bond motifs is 19. The van der Waals surface area contributed by atoms with E-state index in [0.29, 0.717) is 0 Å². The Morgan fingerprint density at radius 3 is 1.21 bits per heavy atom. The Morgan fingerprint density at radius 1 is 0.178 bits per heavy atom. The summed E-state index contributed by atoms with van der Waals surface area (Å²) in [6.45, 7) is 0. The van der Waals surface area contributed by atoms with Crippen LogP contribution in [0.2, 0.25) is 0 Å². The first kappa shape index (κ1) is 59.4. The van der Waals surface area contributed by atoms with E-state index in [0.717, 1.165) is 121 Å². The number of H-pyrrole nitrogens is 1.